The van der Waals surface area contributed by atoms with Crippen LogP contribution in [0.1, 0.15) is 29.1 Å². The van der Waals surface area contributed by atoms with Crippen molar-refractivity contribution in [3.8, 4) is 0 Å². The molecule has 0 unspecified atom stereocenters. The number of hydrogen-bond acceptors (Lipinski definition) is 4. The molecule has 2 aromatic carbocycles. The smallest absolute Gasteiger partial charge is 0.270 e. The van der Waals surface area contributed by atoms with Crippen LogP contribution in [0.4, 0.5) is 5.69 Å². The summed E-state index contributed by atoms with van der Waals surface area (Å²) < 4.78 is 0. The zero-order valence-electron chi connectivity index (χ0n) is 12.3. The van der Waals surface area contributed by atoms with Gasteiger partial charge in [-0.3, -0.25) is 14.9 Å². The Balaban J connectivity index is 1.79. The molecule has 0 aliphatic carbocycles. The molecule has 2 N–H and O–H groups in total. The van der Waals surface area contributed by atoms with E-state index in [9.17, 15) is 14.9 Å². The summed E-state index contributed by atoms with van der Waals surface area (Å²) in [5, 5.41) is 13.6. The van der Waals surface area contributed by atoms with Gasteiger partial charge < -0.3 is 10.3 Å². The quantitative estimate of drug-likeness (QED) is 0.571. The zero-order valence-corrected chi connectivity index (χ0v) is 12.3. The van der Waals surface area contributed by atoms with Crippen molar-refractivity contribution in [3.05, 3.63) is 70.0 Å². The average Bonchev–Trinajstić information content (AvgIpc) is 2.99. The van der Waals surface area contributed by atoms with E-state index in [2.05, 4.69) is 15.3 Å². The molecule has 0 bridgehead atoms. The minimum atomic E-state index is -0.528. The first-order chi connectivity index (χ1) is 11.0. The second-order valence-electron chi connectivity index (χ2n) is 5.14. The summed E-state index contributed by atoms with van der Waals surface area (Å²) in [5.41, 5.74) is 1.83. The van der Waals surface area contributed by atoms with Crippen molar-refractivity contribution in [1.29, 1.82) is 0 Å². The van der Waals surface area contributed by atoms with E-state index in [1.165, 1.54) is 24.3 Å². The van der Waals surface area contributed by atoms with Gasteiger partial charge in [-0.15, -0.1) is 0 Å². The van der Waals surface area contributed by atoms with E-state index < -0.39 is 4.92 Å². The van der Waals surface area contributed by atoms with Crippen molar-refractivity contribution in [2.24, 2.45) is 0 Å². The van der Waals surface area contributed by atoms with Crippen molar-refractivity contribution < 1.29 is 9.72 Å². The Morgan fingerprint density at radius 2 is 2.04 bits per heavy atom. The van der Waals surface area contributed by atoms with Crippen LogP contribution in [-0.4, -0.2) is 20.8 Å². The van der Waals surface area contributed by atoms with Crippen molar-refractivity contribution >= 4 is 22.6 Å². The van der Waals surface area contributed by atoms with E-state index in [4.69, 9.17) is 0 Å². The molecule has 1 atom stereocenters. The molecule has 7 heteroatoms. The van der Waals surface area contributed by atoms with Gasteiger partial charge in [-0.1, -0.05) is 18.2 Å². The van der Waals surface area contributed by atoms with E-state index in [-0.39, 0.29) is 23.2 Å². The Kier molecular flexibility index (Phi) is 3.76. The van der Waals surface area contributed by atoms with Crippen molar-refractivity contribution in [3.63, 3.8) is 0 Å². The van der Waals surface area contributed by atoms with Crippen LogP contribution in [0.5, 0.6) is 0 Å². The lowest BCUT2D eigenvalue weighted by atomic mass is 10.2. The number of nitro groups is 1. The molecular formula is C16H14N4O3. The molecule has 7 nitrogen and oxygen atoms in total. The SMILES string of the molecule is C[C@H](NC(=O)c1cccc([N+](=O)[O-])c1)c1nc2ccccc2[nH]1. The Morgan fingerprint density at radius 3 is 2.78 bits per heavy atom. The van der Waals surface area contributed by atoms with Crippen LogP contribution in [0.15, 0.2) is 48.5 Å². The number of para-hydroxylation sites is 2. The van der Waals surface area contributed by atoms with E-state index >= 15 is 0 Å². The summed E-state index contributed by atoms with van der Waals surface area (Å²) in [6.07, 6.45) is 0. The molecule has 0 saturated heterocycles. The first-order valence-electron chi connectivity index (χ1n) is 7.04. The second-order valence-corrected chi connectivity index (χ2v) is 5.14. The van der Waals surface area contributed by atoms with Crippen molar-refractivity contribution in [1.82, 2.24) is 15.3 Å². The third-order valence-electron chi connectivity index (χ3n) is 3.48. The van der Waals surface area contributed by atoms with Gasteiger partial charge in [0.25, 0.3) is 11.6 Å². The molecule has 116 valence electrons. The molecule has 1 amide bonds. The van der Waals surface area contributed by atoms with Crippen LogP contribution in [0.25, 0.3) is 11.0 Å². The second kappa shape index (κ2) is 5.88. The number of imidazole rings is 1. The van der Waals surface area contributed by atoms with Crippen LogP contribution in [0.3, 0.4) is 0 Å². The van der Waals surface area contributed by atoms with Gasteiger partial charge in [0.15, 0.2) is 0 Å². The standard InChI is InChI=1S/C16H14N4O3/c1-10(15-18-13-7-2-3-8-14(13)19-15)17-16(21)11-5-4-6-12(9-11)20(22)23/h2-10H,1H3,(H,17,21)(H,18,19)/t10-/m0/s1. The largest absolute Gasteiger partial charge is 0.342 e. The zero-order chi connectivity index (χ0) is 16.4. The number of non-ortho nitro benzene ring substituents is 1. The molecule has 3 aromatic rings. The molecule has 0 aliphatic heterocycles. The number of fused-ring (bicyclic) bond motifs is 1. The van der Waals surface area contributed by atoms with Gasteiger partial charge in [0, 0.05) is 17.7 Å². The fourth-order valence-corrected chi connectivity index (χ4v) is 2.29. The molecule has 1 aromatic heterocycles. The molecule has 0 saturated carbocycles. The lowest BCUT2D eigenvalue weighted by Crippen LogP contribution is -2.27. The number of H-pyrrole nitrogens is 1. The number of carbonyl (C=O) groups is 1. The van der Waals surface area contributed by atoms with Gasteiger partial charge in [-0.25, -0.2) is 4.98 Å². The number of nitrogens with one attached hydrogen (secondary N) is 2. The highest BCUT2D eigenvalue weighted by Gasteiger charge is 2.16. The Bertz CT molecular complexity index is 855. The van der Waals surface area contributed by atoms with Crippen molar-refractivity contribution in [2.45, 2.75) is 13.0 Å². The summed E-state index contributed by atoms with van der Waals surface area (Å²) in [5.74, 6) is 0.242. The summed E-state index contributed by atoms with van der Waals surface area (Å²) in [6, 6.07) is 12.8. The normalized spacial score (nSPS) is 12.0. The van der Waals surface area contributed by atoms with Gasteiger partial charge in [0.1, 0.15) is 5.82 Å². The average molecular weight is 310 g/mol. The summed E-state index contributed by atoms with van der Waals surface area (Å²) in [6.45, 7) is 1.80. The highest BCUT2D eigenvalue weighted by atomic mass is 16.6. The lowest BCUT2D eigenvalue weighted by Gasteiger charge is -2.11. The van der Waals surface area contributed by atoms with Gasteiger partial charge in [-0.2, -0.15) is 0 Å². The molecule has 3 rings (SSSR count). The third-order valence-corrected chi connectivity index (χ3v) is 3.48. The topological polar surface area (TPSA) is 101 Å². The first-order valence-corrected chi connectivity index (χ1v) is 7.04. The first kappa shape index (κ1) is 14.7. The highest BCUT2D eigenvalue weighted by molar-refractivity contribution is 5.95. The number of rotatable bonds is 4. The molecule has 1 heterocycles. The highest BCUT2D eigenvalue weighted by Crippen LogP contribution is 2.17. The van der Waals surface area contributed by atoms with E-state index in [0.717, 1.165) is 11.0 Å². The van der Waals surface area contributed by atoms with E-state index in [0.29, 0.717) is 5.82 Å². The van der Waals surface area contributed by atoms with Crippen molar-refractivity contribution in [2.75, 3.05) is 0 Å². The predicted molar refractivity (Wildman–Crippen MR) is 85.1 cm³/mol. The minimum absolute atomic E-state index is 0.117. The Hall–Kier alpha value is -3.22. The number of nitro benzene ring substituents is 1. The van der Waals surface area contributed by atoms with Gasteiger partial charge >= 0.3 is 0 Å². The van der Waals surface area contributed by atoms with Crippen LogP contribution in [0.2, 0.25) is 0 Å². The molecule has 0 radical (unpaired) electrons. The lowest BCUT2D eigenvalue weighted by molar-refractivity contribution is -0.384. The van der Waals surface area contributed by atoms with E-state index in [1.807, 2.05) is 24.3 Å². The van der Waals surface area contributed by atoms with E-state index in [1.54, 1.807) is 6.92 Å². The maximum Gasteiger partial charge on any atom is 0.270 e. The number of carbonyl (C=O) groups excluding carboxylic acids is 1. The Morgan fingerprint density at radius 1 is 1.26 bits per heavy atom. The number of nitrogens with zero attached hydrogens (tertiary/aromatic N) is 2. The van der Waals surface area contributed by atoms with Gasteiger partial charge in [0.05, 0.1) is 22.0 Å². The number of aromatic amines is 1. The predicted octanol–water partition coefficient (Wildman–Crippen LogP) is 2.96. The summed E-state index contributed by atoms with van der Waals surface area (Å²) in [7, 11) is 0. The molecule has 0 aliphatic rings. The fourth-order valence-electron chi connectivity index (χ4n) is 2.29. The maximum absolute atomic E-state index is 12.2. The summed E-state index contributed by atoms with van der Waals surface area (Å²) in [4.78, 5) is 30.1. The van der Waals surface area contributed by atoms with Crippen LogP contribution in [0, 0.1) is 10.1 Å². The molecule has 0 spiro atoms. The molecule has 0 fully saturated rings. The molecule has 23 heavy (non-hydrogen) atoms. The third kappa shape index (κ3) is 3.03. The van der Waals surface area contributed by atoms with Crippen LogP contribution < -0.4 is 5.32 Å². The number of benzene rings is 2. The minimum Gasteiger partial charge on any atom is -0.342 e. The number of hydrogen-bond donors (Lipinski definition) is 2. The van der Waals surface area contributed by atoms with Gasteiger partial charge in [0.2, 0.25) is 0 Å². The number of amides is 1. The number of aromatic nitrogens is 2. The van der Waals surface area contributed by atoms with Gasteiger partial charge in [-0.05, 0) is 25.1 Å². The summed E-state index contributed by atoms with van der Waals surface area (Å²) >= 11 is 0. The monoisotopic (exact) mass is 310 g/mol. The fraction of sp³-hybridized carbons (Fsp3) is 0.125. The molecular weight excluding hydrogens is 296 g/mol. The maximum atomic E-state index is 12.2. The van der Waals surface area contributed by atoms with Crippen LogP contribution >= 0.6 is 0 Å². The van der Waals surface area contributed by atoms with Crippen LogP contribution in [-0.2, 0) is 0 Å². The Labute approximate surface area is 131 Å².